The quantitative estimate of drug-likeness (QED) is 0.716. The molecule has 0 amide bonds. The largest absolute Gasteiger partial charge is 0.491 e. The van der Waals surface area contributed by atoms with Gasteiger partial charge < -0.3 is 10.1 Å². The van der Waals surface area contributed by atoms with E-state index >= 15 is 0 Å². The number of hydrogen-bond donors (Lipinski definition) is 1. The predicted octanol–water partition coefficient (Wildman–Crippen LogP) is 3.26. The SMILES string of the molecule is CC(C)Oc1cccc(CNCCCCC#N)c1. The zero-order valence-electron chi connectivity index (χ0n) is 11.3. The Bertz CT molecular complexity index is 382. The highest BCUT2D eigenvalue weighted by atomic mass is 16.5. The molecular weight excluding hydrogens is 224 g/mol. The van der Waals surface area contributed by atoms with Crippen molar-refractivity contribution in [1.29, 1.82) is 5.26 Å². The molecule has 0 aliphatic rings. The minimum Gasteiger partial charge on any atom is -0.491 e. The molecule has 0 aromatic heterocycles. The highest BCUT2D eigenvalue weighted by molar-refractivity contribution is 5.28. The van der Waals surface area contributed by atoms with Crippen LogP contribution in [-0.2, 0) is 6.54 Å². The third kappa shape index (κ3) is 6.27. The minimum atomic E-state index is 0.208. The number of hydrogen-bond acceptors (Lipinski definition) is 3. The molecule has 0 spiro atoms. The molecule has 0 heterocycles. The summed E-state index contributed by atoms with van der Waals surface area (Å²) in [4.78, 5) is 0. The summed E-state index contributed by atoms with van der Waals surface area (Å²) in [6.07, 6.45) is 2.88. The van der Waals surface area contributed by atoms with Gasteiger partial charge in [0.15, 0.2) is 0 Å². The van der Waals surface area contributed by atoms with Gasteiger partial charge in [-0.05, 0) is 50.9 Å². The second kappa shape index (κ2) is 8.54. The van der Waals surface area contributed by atoms with Crippen molar-refractivity contribution in [2.75, 3.05) is 6.54 Å². The maximum atomic E-state index is 8.42. The smallest absolute Gasteiger partial charge is 0.120 e. The Morgan fingerprint density at radius 1 is 1.33 bits per heavy atom. The van der Waals surface area contributed by atoms with E-state index in [2.05, 4.69) is 23.5 Å². The van der Waals surface area contributed by atoms with Crippen molar-refractivity contribution in [2.45, 2.75) is 45.8 Å². The summed E-state index contributed by atoms with van der Waals surface area (Å²) < 4.78 is 5.65. The number of rotatable bonds is 8. The van der Waals surface area contributed by atoms with Gasteiger partial charge in [0, 0.05) is 13.0 Å². The van der Waals surface area contributed by atoms with E-state index in [0.717, 1.165) is 31.7 Å². The maximum Gasteiger partial charge on any atom is 0.120 e. The fourth-order valence-electron chi connectivity index (χ4n) is 1.69. The predicted molar refractivity (Wildman–Crippen MR) is 73.4 cm³/mol. The number of nitriles is 1. The number of nitrogens with one attached hydrogen (secondary N) is 1. The van der Waals surface area contributed by atoms with Crippen LogP contribution in [0, 0.1) is 11.3 Å². The van der Waals surface area contributed by atoms with Crippen LogP contribution in [0.15, 0.2) is 24.3 Å². The number of unbranched alkanes of at least 4 members (excludes halogenated alkanes) is 2. The Labute approximate surface area is 110 Å². The molecule has 3 heteroatoms. The van der Waals surface area contributed by atoms with Crippen molar-refractivity contribution in [3.63, 3.8) is 0 Å². The fourth-order valence-corrected chi connectivity index (χ4v) is 1.69. The van der Waals surface area contributed by atoms with Gasteiger partial charge in [-0.1, -0.05) is 12.1 Å². The first kappa shape index (κ1) is 14.5. The molecule has 0 aliphatic heterocycles. The number of ether oxygens (including phenoxy) is 1. The summed E-state index contributed by atoms with van der Waals surface area (Å²) in [6, 6.07) is 10.3. The van der Waals surface area contributed by atoms with Crippen LogP contribution < -0.4 is 10.1 Å². The molecule has 0 fully saturated rings. The first-order chi connectivity index (χ1) is 8.72. The molecule has 0 radical (unpaired) electrons. The lowest BCUT2D eigenvalue weighted by atomic mass is 10.2. The fraction of sp³-hybridized carbons (Fsp3) is 0.533. The van der Waals surface area contributed by atoms with Gasteiger partial charge in [-0.3, -0.25) is 0 Å². The summed E-state index contributed by atoms with van der Waals surface area (Å²) in [6.45, 7) is 5.86. The first-order valence-corrected chi connectivity index (χ1v) is 6.55. The van der Waals surface area contributed by atoms with Gasteiger partial charge in [-0.2, -0.15) is 5.26 Å². The van der Waals surface area contributed by atoms with Crippen LogP contribution in [0.2, 0.25) is 0 Å². The zero-order chi connectivity index (χ0) is 13.2. The molecule has 18 heavy (non-hydrogen) atoms. The van der Waals surface area contributed by atoms with Gasteiger partial charge in [-0.25, -0.2) is 0 Å². The summed E-state index contributed by atoms with van der Waals surface area (Å²) in [7, 11) is 0. The Morgan fingerprint density at radius 2 is 2.17 bits per heavy atom. The van der Waals surface area contributed by atoms with Crippen molar-refractivity contribution in [1.82, 2.24) is 5.32 Å². The highest BCUT2D eigenvalue weighted by Crippen LogP contribution is 2.14. The van der Waals surface area contributed by atoms with Crippen molar-refractivity contribution < 1.29 is 4.74 Å². The van der Waals surface area contributed by atoms with E-state index in [0.29, 0.717) is 6.42 Å². The lowest BCUT2D eigenvalue weighted by Crippen LogP contribution is -2.14. The summed E-state index contributed by atoms with van der Waals surface area (Å²) in [5.74, 6) is 0.925. The molecule has 1 aromatic carbocycles. The monoisotopic (exact) mass is 246 g/mol. The molecule has 1 aromatic rings. The van der Waals surface area contributed by atoms with E-state index in [1.165, 1.54) is 5.56 Å². The van der Waals surface area contributed by atoms with Gasteiger partial charge >= 0.3 is 0 Å². The molecule has 0 saturated heterocycles. The summed E-state index contributed by atoms with van der Waals surface area (Å²) in [5.41, 5.74) is 1.23. The van der Waals surface area contributed by atoms with Crippen molar-refractivity contribution in [3.05, 3.63) is 29.8 Å². The molecule has 98 valence electrons. The van der Waals surface area contributed by atoms with Crippen molar-refractivity contribution in [2.24, 2.45) is 0 Å². The van der Waals surface area contributed by atoms with Crippen LogP contribution in [0.3, 0.4) is 0 Å². The second-order valence-corrected chi connectivity index (χ2v) is 4.61. The summed E-state index contributed by atoms with van der Waals surface area (Å²) >= 11 is 0. The number of nitrogens with zero attached hydrogens (tertiary/aromatic N) is 1. The molecule has 3 nitrogen and oxygen atoms in total. The van der Waals surface area contributed by atoms with E-state index in [9.17, 15) is 0 Å². The van der Waals surface area contributed by atoms with Crippen LogP contribution in [-0.4, -0.2) is 12.6 Å². The molecule has 0 atom stereocenters. The van der Waals surface area contributed by atoms with E-state index < -0.39 is 0 Å². The van der Waals surface area contributed by atoms with E-state index in [-0.39, 0.29) is 6.10 Å². The van der Waals surface area contributed by atoms with Crippen LogP contribution >= 0.6 is 0 Å². The van der Waals surface area contributed by atoms with Gasteiger partial charge in [0.1, 0.15) is 5.75 Å². The molecule has 0 aliphatic carbocycles. The van der Waals surface area contributed by atoms with Gasteiger partial charge in [-0.15, -0.1) is 0 Å². The Kier molecular flexibility index (Phi) is 6.90. The Morgan fingerprint density at radius 3 is 2.89 bits per heavy atom. The lowest BCUT2D eigenvalue weighted by Gasteiger charge is -2.11. The Hall–Kier alpha value is -1.53. The van der Waals surface area contributed by atoms with Crippen LogP contribution in [0.4, 0.5) is 0 Å². The molecule has 1 rings (SSSR count). The van der Waals surface area contributed by atoms with E-state index in [1.54, 1.807) is 0 Å². The van der Waals surface area contributed by atoms with Gasteiger partial charge in [0.2, 0.25) is 0 Å². The highest BCUT2D eigenvalue weighted by Gasteiger charge is 1.99. The topological polar surface area (TPSA) is 45.0 Å². The van der Waals surface area contributed by atoms with Gasteiger partial charge in [0.25, 0.3) is 0 Å². The van der Waals surface area contributed by atoms with Crippen LogP contribution in [0.25, 0.3) is 0 Å². The minimum absolute atomic E-state index is 0.208. The molecule has 0 saturated carbocycles. The molecule has 0 unspecified atom stereocenters. The first-order valence-electron chi connectivity index (χ1n) is 6.55. The average molecular weight is 246 g/mol. The standard InChI is InChI=1S/C15H22N2O/c1-13(2)18-15-8-6-7-14(11-15)12-17-10-5-3-4-9-16/h6-8,11,13,17H,3-5,10,12H2,1-2H3. The second-order valence-electron chi connectivity index (χ2n) is 4.61. The molecule has 1 N–H and O–H groups in total. The third-order valence-corrected chi connectivity index (χ3v) is 2.49. The van der Waals surface area contributed by atoms with E-state index in [1.807, 2.05) is 26.0 Å². The van der Waals surface area contributed by atoms with E-state index in [4.69, 9.17) is 10.00 Å². The van der Waals surface area contributed by atoms with Crippen molar-refractivity contribution >= 4 is 0 Å². The molecule has 0 bridgehead atoms. The maximum absolute atomic E-state index is 8.42. The van der Waals surface area contributed by atoms with Crippen LogP contribution in [0.1, 0.15) is 38.7 Å². The molecular formula is C15H22N2O. The average Bonchev–Trinajstić information content (AvgIpc) is 2.33. The Balaban J connectivity index is 2.27. The van der Waals surface area contributed by atoms with Gasteiger partial charge in [0.05, 0.1) is 12.2 Å². The lowest BCUT2D eigenvalue weighted by molar-refractivity contribution is 0.242. The van der Waals surface area contributed by atoms with Crippen LogP contribution in [0.5, 0.6) is 5.75 Å². The number of benzene rings is 1. The third-order valence-electron chi connectivity index (χ3n) is 2.49. The normalized spacial score (nSPS) is 10.3. The van der Waals surface area contributed by atoms with Crippen molar-refractivity contribution in [3.8, 4) is 11.8 Å². The zero-order valence-corrected chi connectivity index (χ0v) is 11.3. The summed E-state index contributed by atoms with van der Waals surface area (Å²) in [5, 5.41) is 11.8.